The molecule has 2 heterocycles. The quantitative estimate of drug-likeness (QED) is 0.334. The third kappa shape index (κ3) is 6.49. The minimum atomic E-state index is -5.15. The fraction of sp³-hybridized carbons (Fsp3) is 0.536. The predicted molar refractivity (Wildman–Crippen MR) is 143 cm³/mol. The van der Waals surface area contributed by atoms with Crippen molar-refractivity contribution in [2.45, 2.75) is 56.2 Å². The van der Waals surface area contributed by atoms with Crippen molar-refractivity contribution < 1.29 is 27.9 Å². The number of nitrogens with zero attached hydrogens (tertiary/aromatic N) is 3. The first kappa shape index (κ1) is 29.1. The Morgan fingerprint density at radius 1 is 1.13 bits per heavy atom. The van der Waals surface area contributed by atoms with E-state index in [2.05, 4.69) is 15.2 Å². The number of alkyl halides is 3. The highest BCUT2D eigenvalue weighted by Gasteiger charge is 2.60. The fourth-order valence-electron chi connectivity index (χ4n) is 5.03. The van der Waals surface area contributed by atoms with Crippen LogP contribution in [0.1, 0.15) is 65.9 Å². The molecule has 1 unspecified atom stereocenters. The van der Waals surface area contributed by atoms with Gasteiger partial charge in [-0.15, -0.1) is 0 Å². The SMILES string of the molecule is CN(C)C(=O)c1ccc(N2CCC(CCCNC(=O)C(O)(c3cccc(C4CC4)c3)C(F)(F)F)CC2)nc1Cl. The molecule has 11 heteroatoms. The van der Waals surface area contributed by atoms with E-state index in [4.69, 9.17) is 11.6 Å². The Morgan fingerprint density at radius 3 is 2.41 bits per heavy atom. The number of benzene rings is 1. The summed E-state index contributed by atoms with van der Waals surface area (Å²) in [6.07, 6.45) is -0.419. The van der Waals surface area contributed by atoms with E-state index in [9.17, 15) is 27.9 Å². The molecular weight excluding hydrogens is 533 g/mol. The Kier molecular flexibility index (Phi) is 8.75. The number of carbonyl (C=O) groups is 2. The molecule has 7 nitrogen and oxygen atoms in total. The number of anilines is 1. The summed E-state index contributed by atoms with van der Waals surface area (Å²) in [4.78, 5) is 32.7. The van der Waals surface area contributed by atoms with Crippen LogP contribution in [0.2, 0.25) is 5.15 Å². The van der Waals surface area contributed by atoms with Crippen LogP contribution in [0.5, 0.6) is 0 Å². The Bertz CT molecular complexity index is 1200. The standard InChI is InChI=1S/C28H34ClF3N4O3/c1-35(2)25(37)22-10-11-23(34-24(22)29)36-15-12-18(13-16-36)5-4-14-33-26(38)27(39,28(30,31)32)21-7-3-6-20(17-21)19-8-9-19/h3,6-7,10-11,17-19,39H,4-5,8-9,12-16H2,1-2H3,(H,33,38). The molecule has 1 aromatic carbocycles. The first-order chi connectivity index (χ1) is 18.4. The average molecular weight is 567 g/mol. The number of pyridine rings is 1. The van der Waals surface area contributed by atoms with E-state index >= 15 is 0 Å². The van der Waals surface area contributed by atoms with Gasteiger partial charge in [0.05, 0.1) is 5.56 Å². The summed E-state index contributed by atoms with van der Waals surface area (Å²) in [5, 5.41) is 13.1. The number of nitrogens with one attached hydrogen (secondary N) is 1. The fourth-order valence-corrected chi connectivity index (χ4v) is 5.26. The number of hydrogen-bond acceptors (Lipinski definition) is 5. The number of aliphatic hydroxyl groups is 1. The van der Waals surface area contributed by atoms with Gasteiger partial charge in [0.15, 0.2) is 0 Å². The van der Waals surface area contributed by atoms with Gasteiger partial charge in [0.2, 0.25) is 0 Å². The molecule has 1 aliphatic carbocycles. The third-order valence-corrected chi connectivity index (χ3v) is 7.86. The zero-order valence-corrected chi connectivity index (χ0v) is 22.9. The second-order valence-corrected chi connectivity index (χ2v) is 11.0. The van der Waals surface area contributed by atoms with E-state index in [1.54, 1.807) is 32.3 Å². The van der Waals surface area contributed by atoms with Crippen molar-refractivity contribution in [3.63, 3.8) is 0 Å². The van der Waals surface area contributed by atoms with E-state index < -0.39 is 23.2 Å². The number of halogens is 4. The van der Waals surface area contributed by atoms with Crippen LogP contribution < -0.4 is 10.2 Å². The Labute approximate surface area is 231 Å². The normalized spacial score (nSPS) is 18.0. The highest BCUT2D eigenvalue weighted by Crippen LogP contribution is 2.44. The zero-order chi connectivity index (χ0) is 28.4. The highest BCUT2D eigenvalue weighted by molar-refractivity contribution is 6.32. The number of hydrogen-bond donors (Lipinski definition) is 2. The molecule has 212 valence electrons. The topological polar surface area (TPSA) is 85.8 Å². The van der Waals surface area contributed by atoms with E-state index in [1.165, 1.54) is 17.0 Å². The summed E-state index contributed by atoms with van der Waals surface area (Å²) in [6, 6.07) is 9.09. The molecule has 2 aromatic rings. The van der Waals surface area contributed by atoms with E-state index in [0.717, 1.165) is 51.3 Å². The lowest BCUT2D eigenvalue weighted by molar-refractivity contribution is -0.257. The molecule has 1 saturated carbocycles. The van der Waals surface area contributed by atoms with Crippen molar-refractivity contribution in [3.05, 3.63) is 58.2 Å². The van der Waals surface area contributed by atoms with Crippen LogP contribution in [0, 0.1) is 5.92 Å². The van der Waals surface area contributed by atoms with Crippen molar-refractivity contribution in [2.75, 3.05) is 38.6 Å². The van der Waals surface area contributed by atoms with Gasteiger partial charge in [0.1, 0.15) is 11.0 Å². The molecular formula is C28H34ClF3N4O3. The Hall–Kier alpha value is -2.85. The summed E-state index contributed by atoms with van der Waals surface area (Å²) >= 11 is 6.24. The van der Waals surface area contributed by atoms with Crippen molar-refractivity contribution in [3.8, 4) is 0 Å². The molecule has 2 amide bonds. The van der Waals surface area contributed by atoms with Gasteiger partial charge in [0, 0.05) is 39.3 Å². The smallest absolute Gasteiger partial charge is 0.369 e. The van der Waals surface area contributed by atoms with Crippen LogP contribution in [-0.2, 0) is 10.4 Å². The van der Waals surface area contributed by atoms with Gasteiger partial charge in [-0.3, -0.25) is 9.59 Å². The van der Waals surface area contributed by atoms with Gasteiger partial charge in [-0.05, 0) is 68.1 Å². The average Bonchev–Trinajstić information content (AvgIpc) is 3.75. The second-order valence-electron chi connectivity index (χ2n) is 10.6. The molecule has 4 rings (SSSR count). The lowest BCUT2D eigenvalue weighted by atomic mass is 9.89. The lowest BCUT2D eigenvalue weighted by Gasteiger charge is -2.33. The maximum atomic E-state index is 13.9. The monoisotopic (exact) mass is 566 g/mol. The number of rotatable bonds is 9. The molecule has 2 aliphatic rings. The van der Waals surface area contributed by atoms with Crippen molar-refractivity contribution in [2.24, 2.45) is 5.92 Å². The van der Waals surface area contributed by atoms with Crippen LogP contribution in [0.4, 0.5) is 19.0 Å². The number of carbonyl (C=O) groups excluding carboxylic acids is 2. The number of aromatic nitrogens is 1. The van der Waals surface area contributed by atoms with Crippen LogP contribution in [0.25, 0.3) is 0 Å². The van der Waals surface area contributed by atoms with Gasteiger partial charge in [0.25, 0.3) is 17.4 Å². The minimum absolute atomic E-state index is 0.0400. The molecule has 0 spiro atoms. The number of piperidine rings is 1. The van der Waals surface area contributed by atoms with Crippen LogP contribution in [0.3, 0.4) is 0 Å². The largest absolute Gasteiger partial charge is 0.430 e. The Morgan fingerprint density at radius 2 is 1.82 bits per heavy atom. The molecule has 1 saturated heterocycles. The Balaban J connectivity index is 1.27. The summed E-state index contributed by atoms with van der Waals surface area (Å²) in [6.45, 7) is 1.50. The summed E-state index contributed by atoms with van der Waals surface area (Å²) in [5.74, 6) is -0.434. The second kappa shape index (κ2) is 11.7. The zero-order valence-electron chi connectivity index (χ0n) is 22.1. The number of amides is 2. The van der Waals surface area contributed by atoms with E-state index in [-0.39, 0.29) is 23.5 Å². The molecule has 1 atom stereocenters. The predicted octanol–water partition coefficient (Wildman–Crippen LogP) is 4.88. The summed E-state index contributed by atoms with van der Waals surface area (Å²) < 4.78 is 41.8. The van der Waals surface area contributed by atoms with Crippen molar-refractivity contribution >= 4 is 29.2 Å². The first-order valence-electron chi connectivity index (χ1n) is 13.2. The molecule has 2 fully saturated rings. The van der Waals surface area contributed by atoms with E-state index in [1.807, 2.05) is 0 Å². The summed E-state index contributed by atoms with van der Waals surface area (Å²) in [5.41, 5.74) is -2.98. The van der Waals surface area contributed by atoms with Gasteiger partial charge >= 0.3 is 6.18 Å². The molecule has 39 heavy (non-hydrogen) atoms. The van der Waals surface area contributed by atoms with Crippen LogP contribution >= 0.6 is 11.6 Å². The molecule has 1 aliphatic heterocycles. The van der Waals surface area contributed by atoms with Gasteiger partial charge in [-0.25, -0.2) is 4.98 Å². The maximum Gasteiger partial charge on any atom is 0.430 e. The van der Waals surface area contributed by atoms with Crippen molar-refractivity contribution in [1.29, 1.82) is 0 Å². The van der Waals surface area contributed by atoms with Crippen molar-refractivity contribution in [1.82, 2.24) is 15.2 Å². The highest BCUT2D eigenvalue weighted by atomic mass is 35.5. The first-order valence-corrected chi connectivity index (χ1v) is 13.6. The maximum absolute atomic E-state index is 13.9. The van der Waals surface area contributed by atoms with E-state index in [0.29, 0.717) is 29.3 Å². The third-order valence-electron chi connectivity index (χ3n) is 7.58. The lowest BCUT2D eigenvalue weighted by Crippen LogP contribution is -2.54. The molecule has 1 aromatic heterocycles. The van der Waals surface area contributed by atoms with Gasteiger partial charge in [-0.2, -0.15) is 13.2 Å². The van der Waals surface area contributed by atoms with Crippen LogP contribution in [0.15, 0.2) is 36.4 Å². The van der Waals surface area contributed by atoms with Gasteiger partial charge < -0.3 is 20.2 Å². The van der Waals surface area contributed by atoms with Crippen LogP contribution in [-0.4, -0.2) is 66.7 Å². The molecule has 0 radical (unpaired) electrons. The molecule has 2 N–H and O–H groups in total. The minimum Gasteiger partial charge on any atom is -0.369 e. The molecule has 0 bridgehead atoms. The summed E-state index contributed by atoms with van der Waals surface area (Å²) in [7, 11) is 3.29. The van der Waals surface area contributed by atoms with Gasteiger partial charge in [-0.1, -0.05) is 35.9 Å².